The zero-order valence-electron chi connectivity index (χ0n) is 15.9. The fourth-order valence-electron chi connectivity index (χ4n) is 2.63. The number of nitrogens with zero attached hydrogens (tertiary/aromatic N) is 3. The quantitative estimate of drug-likeness (QED) is 0.566. The molecule has 0 atom stereocenters. The van der Waals surface area contributed by atoms with E-state index in [9.17, 15) is 14.0 Å². The first-order valence-corrected chi connectivity index (χ1v) is 9.06. The first-order chi connectivity index (χ1) is 14.0. The molecule has 8 nitrogen and oxygen atoms in total. The lowest BCUT2D eigenvalue weighted by atomic mass is 10.1. The molecule has 2 aromatic carbocycles. The second kappa shape index (κ2) is 8.96. The number of hydrogen-bond acceptors (Lipinski definition) is 5. The highest BCUT2D eigenvalue weighted by molar-refractivity contribution is 5.96. The van der Waals surface area contributed by atoms with Gasteiger partial charge in [-0.1, -0.05) is 36.4 Å². The van der Waals surface area contributed by atoms with E-state index in [-0.39, 0.29) is 36.3 Å². The number of nitrogen functional groups attached to an aromatic ring is 1. The van der Waals surface area contributed by atoms with Gasteiger partial charge in [0.05, 0.1) is 0 Å². The van der Waals surface area contributed by atoms with Crippen LogP contribution in [0.25, 0.3) is 0 Å². The largest absolute Gasteiger partial charge is 0.382 e. The predicted molar refractivity (Wildman–Crippen MR) is 106 cm³/mol. The third-order valence-corrected chi connectivity index (χ3v) is 4.29. The van der Waals surface area contributed by atoms with Gasteiger partial charge in [0.2, 0.25) is 5.91 Å². The molecule has 0 fully saturated rings. The first kappa shape index (κ1) is 20.0. The van der Waals surface area contributed by atoms with Crippen molar-refractivity contribution in [3.8, 4) is 0 Å². The maximum Gasteiger partial charge on any atom is 0.275 e. The number of hydrogen-bond donors (Lipinski definition) is 3. The lowest BCUT2D eigenvalue weighted by Gasteiger charge is -2.07. The number of nitrogens with one attached hydrogen (secondary N) is 2. The molecule has 0 aliphatic heterocycles. The molecule has 4 N–H and O–H groups in total. The highest BCUT2D eigenvalue weighted by atomic mass is 19.1. The molecule has 1 heterocycles. The Balaban J connectivity index is 1.58. The molecule has 0 saturated carbocycles. The van der Waals surface area contributed by atoms with Crippen molar-refractivity contribution in [1.82, 2.24) is 20.3 Å². The highest BCUT2D eigenvalue weighted by Gasteiger charge is 2.18. The molecule has 29 heavy (non-hydrogen) atoms. The number of carbonyl (C=O) groups excluding carboxylic acids is 2. The Labute approximate surface area is 166 Å². The van der Waals surface area contributed by atoms with E-state index in [1.165, 1.54) is 17.7 Å². The SMILES string of the molecule is CCc1ccc(NC(=O)Cn2nnc(C(=O)NCc3ccc(F)cc3)c2N)cc1. The summed E-state index contributed by atoms with van der Waals surface area (Å²) < 4.78 is 14.1. The number of rotatable bonds is 7. The summed E-state index contributed by atoms with van der Waals surface area (Å²) in [5, 5.41) is 12.9. The fraction of sp³-hybridized carbons (Fsp3) is 0.200. The molecule has 2 amide bonds. The van der Waals surface area contributed by atoms with E-state index >= 15 is 0 Å². The summed E-state index contributed by atoms with van der Waals surface area (Å²) in [5.74, 6) is -1.25. The van der Waals surface area contributed by atoms with Crippen molar-refractivity contribution in [3.05, 3.63) is 71.2 Å². The predicted octanol–water partition coefficient (Wildman–Crippen LogP) is 2.13. The third-order valence-electron chi connectivity index (χ3n) is 4.29. The first-order valence-electron chi connectivity index (χ1n) is 9.06. The van der Waals surface area contributed by atoms with Crippen LogP contribution in [0.1, 0.15) is 28.5 Å². The number of benzene rings is 2. The van der Waals surface area contributed by atoms with Crippen LogP contribution in [0.2, 0.25) is 0 Å². The Kier molecular flexibility index (Phi) is 6.18. The van der Waals surface area contributed by atoms with Crippen LogP contribution in [0, 0.1) is 5.82 Å². The van der Waals surface area contributed by atoms with Gasteiger partial charge in [0.15, 0.2) is 11.5 Å². The average molecular weight is 396 g/mol. The van der Waals surface area contributed by atoms with Gasteiger partial charge in [-0.2, -0.15) is 0 Å². The average Bonchev–Trinajstić information content (AvgIpc) is 3.08. The Bertz CT molecular complexity index is 999. The lowest BCUT2D eigenvalue weighted by Crippen LogP contribution is -2.25. The van der Waals surface area contributed by atoms with E-state index in [4.69, 9.17) is 5.73 Å². The lowest BCUT2D eigenvalue weighted by molar-refractivity contribution is -0.116. The van der Waals surface area contributed by atoms with Gasteiger partial charge in [-0.25, -0.2) is 9.07 Å². The summed E-state index contributed by atoms with van der Waals surface area (Å²) in [6.07, 6.45) is 0.912. The Morgan fingerprint density at radius 2 is 1.72 bits per heavy atom. The van der Waals surface area contributed by atoms with Gasteiger partial charge in [0, 0.05) is 12.2 Å². The standard InChI is InChI=1S/C20H21FN6O2/c1-2-13-5-9-16(10-6-13)24-17(28)12-27-19(22)18(25-26-27)20(29)23-11-14-3-7-15(21)8-4-14/h3-10H,2,11-12,22H2,1H3,(H,23,29)(H,24,28). The number of nitrogens with two attached hydrogens (primary N) is 1. The molecular formula is C20H21FN6O2. The fourth-order valence-corrected chi connectivity index (χ4v) is 2.63. The molecule has 0 radical (unpaired) electrons. The zero-order valence-corrected chi connectivity index (χ0v) is 15.9. The molecule has 1 aromatic heterocycles. The van der Waals surface area contributed by atoms with Gasteiger partial charge in [-0.05, 0) is 41.8 Å². The topological polar surface area (TPSA) is 115 Å². The van der Waals surface area contributed by atoms with Crippen LogP contribution in [0.15, 0.2) is 48.5 Å². The summed E-state index contributed by atoms with van der Waals surface area (Å²) in [6, 6.07) is 13.2. The van der Waals surface area contributed by atoms with Crippen LogP contribution in [-0.2, 0) is 24.3 Å². The Morgan fingerprint density at radius 1 is 1.07 bits per heavy atom. The molecular weight excluding hydrogens is 375 g/mol. The summed E-state index contributed by atoms with van der Waals surface area (Å²) >= 11 is 0. The monoisotopic (exact) mass is 396 g/mol. The van der Waals surface area contributed by atoms with Gasteiger partial charge >= 0.3 is 0 Å². The van der Waals surface area contributed by atoms with Crippen molar-refractivity contribution in [3.63, 3.8) is 0 Å². The van der Waals surface area contributed by atoms with E-state index < -0.39 is 5.91 Å². The van der Waals surface area contributed by atoms with Crippen LogP contribution in [0.5, 0.6) is 0 Å². The van der Waals surface area contributed by atoms with Crippen LogP contribution in [0.3, 0.4) is 0 Å². The van der Waals surface area contributed by atoms with E-state index in [1.807, 2.05) is 24.3 Å². The second-order valence-electron chi connectivity index (χ2n) is 6.39. The molecule has 0 aliphatic rings. The Morgan fingerprint density at radius 3 is 2.38 bits per heavy atom. The molecule has 0 bridgehead atoms. The molecule has 0 unspecified atom stereocenters. The third kappa shape index (κ3) is 5.16. The van der Waals surface area contributed by atoms with Crippen LogP contribution < -0.4 is 16.4 Å². The van der Waals surface area contributed by atoms with Crippen molar-refractivity contribution in [1.29, 1.82) is 0 Å². The van der Waals surface area contributed by atoms with Gasteiger partial charge < -0.3 is 16.4 Å². The highest BCUT2D eigenvalue weighted by Crippen LogP contribution is 2.12. The summed E-state index contributed by atoms with van der Waals surface area (Å²) in [5.41, 5.74) is 8.39. The molecule has 3 aromatic rings. The smallest absolute Gasteiger partial charge is 0.275 e. The van der Waals surface area contributed by atoms with Crippen LogP contribution in [-0.4, -0.2) is 26.8 Å². The van der Waals surface area contributed by atoms with E-state index in [0.29, 0.717) is 5.69 Å². The molecule has 9 heteroatoms. The second-order valence-corrected chi connectivity index (χ2v) is 6.39. The van der Waals surface area contributed by atoms with Gasteiger partial charge in [-0.3, -0.25) is 9.59 Å². The number of amides is 2. The van der Waals surface area contributed by atoms with Crippen molar-refractivity contribution >= 4 is 23.3 Å². The Hall–Kier alpha value is -3.75. The van der Waals surface area contributed by atoms with E-state index in [1.54, 1.807) is 12.1 Å². The van der Waals surface area contributed by atoms with Gasteiger partial charge in [0.25, 0.3) is 5.91 Å². The number of aromatic nitrogens is 3. The maximum absolute atomic E-state index is 12.9. The molecule has 0 aliphatic carbocycles. The zero-order chi connectivity index (χ0) is 20.8. The van der Waals surface area contributed by atoms with Crippen LogP contribution >= 0.6 is 0 Å². The molecule has 0 saturated heterocycles. The number of aryl methyl sites for hydroxylation is 1. The van der Waals surface area contributed by atoms with Gasteiger partial charge in [0.1, 0.15) is 12.4 Å². The van der Waals surface area contributed by atoms with Crippen LogP contribution in [0.4, 0.5) is 15.9 Å². The minimum Gasteiger partial charge on any atom is -0.382 e. The van der Waals surface area contributed by atoms with E-state index in [0.717, 1.165) is 16.7 Å². The minimum absolute atomic E-state index is 0.0157. The molecule has 3 rings (SSSR count). The van der Waals surface area contributed by atoms with Crippen molar-refractivity contribution in [2.24, 2.45) is 0 Å². The van der Waals surface area contributed by atoms with E-state index in [2.05, 4.69) is 27.9 Å². The normalized spacial score (nSPS) is 10.6. The number of anilines is 2. The van der Waals surface area contributed by atoms with Gasteiger partial charge in [-0.15, -0.1) is 5.10 Å². The molecule has 0 spiro atoms. The number of halogens is 1. The van der Waals surface area contributed by atoms with Crippen molar-refractivity contribution in [2.75, 3.05) is 11.1 Å². The molecule has 150 valence electrons. The minimum atomic E-state index is -0.534. The van der Waals surface area contributed by atoms with Crippen molar-refractivity contribution in [2.45, 2.75) is 26.4 Å². The summed E-state index contributed by atoms with van der Waals surface area (Å²) in [4.78, 5) is 24.5. The maximum atomic E-state index is 12.9. The summed E-state index contributed by atoms with van der Waals surface area (Å²) in [6.45, 7) is 2.05. The van der Waals surface area contributed by atoms with Crippen molar-refractivity contribution < 1.29 is 14.0 Å². The number of carbonyl (C=O) groups is 2. The summed E-state index contributed by atoms with van der Waals surface area (Å²) in [7, 11) is 0.